The van der Waals surface area contributed by atoms with Gasteiger partial charge in [0.25, 0.3) is 0 Å². The van der Waals surface area contributed by atoms with Crippen LogP contribution >= 0.6 is 0 Å². The highest BCUT2D eigenvalue weighted by Crippen LogP contribution is 2.29. The highest BCUT2D eigenvalue weighted by Gasteiger charge is 2.39. The number of nitrogens with two attached hydrogens (primary N) is 1. The van der Waals surface area contributed by atoms with E-state index in [1.54, 1.807) is 0 Å². The zero-order valence-corrected chi connectivity index (χ0v) is 12.7. The maximum absolute atomic E-state index is 12.4. The van der Waals surface area contributed by atoms with Crippen LogP contribution < -0.4 is 11.1 Å². The monoisotopic (exact) mass is 270 g/mol. The number of hydrogen-bond acceptors (Lipinski definition) is 3. The van der Waals surface area contributed by atoms with Gasteiger partial charge in [-0.15, -0.1) is 0 Å². The number of hydrogen-bond donors (Lipinski definition) is 2. The van der Waals surface area contributed by atoms with Gasteiger partial charge in [-0.25, -0.2) is 0 Å². The first-order valence-corrected chi connectivity index (χ1v) is 7.59. The van der Waals surface area contributed by atoms with E-state index in [1.165, 1.54) is 6.42 Å². The smallest absolute Gasteiger partial charge is 0.227 e. The van der Waals surface area contributed by atoms with Crippen LogP contribution in [0, 0.1) is 11.3 Å². The average Bonchev–Trinajstić information content (AvgIpc) is 2.39. The Morgan fingerprint density at radius 2 is 1.89 bits per heavy atom. The summed E-state index contributed by atoms with van der Waals surface area (Å²) in [7, 11) is 0. The summed E-state index contributed by atoms with van der Waals surface area (Å²) in [5, 5.41) is 3.14. The molecule has 0 aromatic carbocycles. The molecule has 1 amide bonds. The van der Waals surface area contributed by atoms with Gasteiger partial charge in [-0.05, 0) is 32.1 Å². The van der Waals surface area contributed by atoms with Gasteiger partial charge in [0, 0.05) is 25.8 Å². The number of nitrogens with one attached hydrogen (secondary N) is 1. The number of carbonyl (C=O) groups excluding carboxylic acids is 1. The van der Waals surface area contributed by atoms with Crippen molar-refractivity contribution in [1.29, 1.82) is 0 Å². The molecule has 112 valence electrons. The van der Waals surface area contributed by atoms with Crippen molar-refractivity contribution in [3.8, 4) is 0 Å². The van der Waals surface area contributed by atoms with Crippen molar-refractivity contribution in [2.24, 2.45) is 17.1 Å². The summed E-state index contributed by atoms with van der Waals surface area (Å²) in [6.07, 6.45) is 4.91. The highest BCUT2D eigenvalue weighted by atomic mass is 16.5. The molecule has 0 aromatic heterocycles. The van der Waals surface area contributed by atoms with E-state index < -0.39 is 5.41 Å². The Bertz CT molecular complexity index is 273. The van der Waals surface area contributed by atoms with Crippen molar-refractivity contribution < 1.29 is 9.53 Å². The van der Waals surface area contributed by atoms with Crippen molar-refractivity contribution in [3.05, 3.63) is 0 Å². The molecule has 4 nitrogen and oxygen atoms in total. The largest absolute Gasteiger partial charge is 0.381 e. The maximum atomic E-state index is 12.4. The van der Waals surface area contributed by atoms with Crippen LogP contribution in [0.4, 0.5) is 0 Å². The fourth-order valence-electron chi connectivity index (χ4n) is 2.57. The molecule has 1 atom stereocenters. The standard InChI is InChI=1S/C15H30N2O2/c1-12(2)5-4-6-13(3)17-14(18)15(11-16)7-9-19-10-8-15/h12-13H,4-11,16H2,1-3H3,(H,17,18). The van der Waals surface area contributed by atoms with E-state index in [0.29, 0.717) is 19.8 Å². The van der Waals surface area contributed by atoms with Crippen LogP contribution in [0.2, 0.25) is 0 Å². The molecule has 1 aliphatic rings. The molecule has 0 aromatic rings. The van der Waals surface area contributed by atoms with Gasteiger partial charge in [-0.1, -0.05) is 26.7 Å². The lowest BCUT2D eigenvalue weighted by molar-refractivity contribution is -0.136. The van der Waals surface area contributed by atoms with E-state index in [-0.39, 0.29) is 11.9 Å². The van der Waals surface area contributed by atoms with Crippen molar-refractivity contribution in [3.63, 3.8) is 0 Å². The molecule has 1 fully saturated rings. The Morgan fingerprint density at radius 1 is 1.26 bits per heavy atom. The number of carbonyl (C=O) groups is 1. The minimum Gasteiger partial charge on any atom is -0.381 e. The summed E-state index contributed by atoms with van der Waals surface area (Å²) in [5.41, 5.74) is 5.44. The minimum atomic E-state index is -0.398. The normalized spacial score (nSPS) is 20.3. The Morgan fingerprint density at radius 3 is 2.42 bits per heavy atom. The van der Waals surface area contributed by atoms with Crippen LogP contribution in [0.1, 0.15) is 52.9 Å². The molecule has 1 heterocycles. The third kappa shape index (κ3) is 5.11. The average molecular weight is 270 g/mol. The fourth-order valence-corrected chi connectivity index (χ4v) is 2.57. The SMILES string of the molecule is CC(C)CCCC(C)NC(=O)C1(CN)CCOCC1. The molecular formula is C15H30N2O2. The molecule has 4 heteroatoms. The van der Waals surface area contributed by atoms with E-state index in [9.17, 15) is 4.79 Å². The van der Waals surface area contributed by atoms with Crippen LogP contribution in [-0.4, -0.2) is 31.7 Å². The minimum absolute atomic E-state index is 0.121. The third-order valence-electron chi connectivity index (χ3n) is 4.12. The second-order valence-electron chi connectivity index (χ2n) is 6.30. The molecule has 1 unspecified atom stereocenters. The van der Waals surface area contributed by atoms with E-state index in [0.717, 1.165) is 31.6 Å². The summed E-state index contributed by atoms with van der Waals surface area (Å²) < 4.78 is 5.34. The summed E-state index contributed by atoms with van der Waals surface area (Å²) >= 11 is 0. The van der Waals surface area contributed by atoms with Crippen LogP contribution in [0.3, 0.4) is 0 Å². The molecule has 0 saturated carbocycles. The van der Waals surface area contributed by atoms with Crippen molar-refractivity contribution in [2.75, 3.05) is 19.8 Å². The second-order valence-corrected chi connectivity index (χ2v) is 6.30. The zero-order valence-electron chi connectivity index (χ0n) is 12.7. The summed E-state index contributed by atoms with van der Waals surface area (Å²) in [4.78, 5) is 12.4. The van der Waals surface area contributed by atoms with Gasteiger partial charge in [-0.3, -0.25) is 4.79 Å². The van der Waals surface area contributed by atoms with Gasteiger partial charge in [0.15, 0.2) is 0 Å². The molecule has 1 rings (SSSR count). The van der Waals surface area contributed by atoms with E-state index in [2.05, 4.69) is 26.1 Å². The molecule has 0 radical (unpaired) electrons. The van der Waals surface area contributed by atoms with Gasteiger partial charge < -0.3 is 15.8 Å². The van der Waals surface area contributed by atoms with Crippen molar-refractivity contribution in [2.45, 2.75) is 58.9 Å². The zero-order chi connectivity index (χ0) is 14.3. The maximum Gasteiger partial charge on any atom is 0.227 e. The third-order valence-corrected chi connectivity index (χ3v) is 4.12. The Balaban J connectivity index is 2.39. The predicted molar refractivity (Wildman–Crippen MR) is 77.8 cm³/mol. The van der Waals surface area contributed by atoms with E-state index >= 15 is 0 Å². The first kappa shape index (κ1) is 16.4. The van der Waals surface area contributed by atoms with E-state index in [1.807, 2.05) is 0 Å². The molecule has 0 bridgehead atoms. The first-order valence-electron chi connectivity index (χ1n) is 7.59. The summed E-state index contributed by atoms with van der Waals surface area (Å²) in [6, 6.07) is 0.234. The molecule has 19 heavy (non-hydrogen) atoms. The molecule has 0 aliphatic carbocycles. The Kier molecular flexibility index (Phi) is 6.80. The number of amides is 1. The van der Waals surface area contributed by atoms with Gasteiger partial charge in [-0.2, -0.15) is 0 Å². The Hall–Kier alpha value is -0.610. The van der Waals surface area contributed by atoms with Crippen LogP contribution in [-0.2, 0) is 9.53 Å². The first-order chi connectivity index (χ1) is 9.00. The van der Waals surface area contributed by atoms with Crippen molar-refractivity contribution in [1.82, 2.24) is 5.32 Å². The van der Waals surface area contributed by atoms with Crippen LogP contribution in [0.15, 0.2) is 0 Å². The molecule has 1 aliphatic heterocycles. The molecule has 3 N–H and O–H groups in total. The van der Waals surface area contributed by atoms with Gasteiger partial charge in [0.1, 0.15) is 0 Å². The van der Waals surface area contributed by atoms with E-state index in [4.69, 9.17) is 10.5 Å². The topological polar surface area (TPSA) is 64.4 Å². The lowest BCUT2D eigenvalue weighted by Gasteiger charge is -2.35. The predicted octanol–water partition coefficient (Wildman–Crippen LogP) is 2.07. The summed E-state index contributed by atoms with van der Waals surface area (Å²) in [6.45, 7) is 8.25. The van der Waals surface area contributed by atoms with Crippen LogP contribution in [0.5, 0.6) is 0 Å². The number of rotatable bonds is 7. The van der Waals surface area contributed by atoms with Gasteiger partial charge in [0.05, 0.1) is 5.41 Å². The quantitative estimate of drug-likeness (QED) is 0.744. The fraction of sp³-hybridized carbons (Fsp3) is 0.933. The molecule has 1 saturated heterocycles. The Labute approximate surface area is 117 Å². The molecular weight excluding hydrogens is 240 g/mol. The molecule has 0 spiro atoms. The van der Waals surface area contributed by atoms with Crippen molar-refractivity contribution >= 4 is 5.91 Å². The highest BCUT2D eigenvalue weighted by molar-refractivity contribution is 5.83. The van der Waals surface area contributed by atoms with Crippen LogP contribution in [0.25, 0.3) is 0 Å². The lowest BCUT2D eigenvalue weighted by Crippen LogP contribution is -2.51. The number of ether oxygens (including phenoxy) is 1. The second kappa shape index (κ2) is 7.85. The van der Waals surface area contributed by atoms with Gasteiger partial charge in [0.2, 0.25) is 5.91 Å². The summed E-state index contributed by atoms with van der Waals surface area (Å²) in [5.74, 6) is 0.851. The van der Waals surface area contributed by atoms with Gasteiger partial charge >= 0.3 is 0 Å². The lowest BCUT2D eigenvalue weighted by atomic mass is 9.79.